The molecule has 0 radical (unpaired) electrons. The van der Waals surface area contributed by atoms with E-state index < -0.39 is 0 Å². The molecule has 2 aromatic rings. The van der Waals surface area contributed by atoms with Gasteiger partial charge in [-0.1, -0.05) is 6.08 Å². The Balaban J connectivity index is 1.86. The topological polar surface area (TPSA) is 47.5 Å². The van der Waals surface area contributed by atoms with E-state index in [-0.39, 0.29) is 0 Å². The molecule has 1 aromatic heterocycles. The van der Waals surface area contributed by atoms with Crippen molar-refractivity contribution in [1.29, 1.82) is 0 Å². The van der Waals surface area contributed by atoms with E-state index in [9.17, 15) is 0 Å². The van der Waals surface area contributed by atoms with Crippen LogP contribution in [0.2, 0.25) is 0 Å². The van der Waals surface area contributed by atoms with Crippen molar-refractivity contribution in [2.24, 2.45) is 0 Å². The molecule has 4 rings (SSSR count). The number of ether oxygens (including phenoxy) is 2. The molecule has 24 heavy (non-hydrogen) atoms. The van der Waals surface area contributed by atoms with Gasteiger partial charge in [0.15, 0.2) is 5.82 Å². The molecular weight excluding hydrogens is 322 g/mol. The Morgan fingerprint density at radius 2 is 2.25 bits per heavy atom. The first-order valence-electron chi connectivity index (χ1n) is 7.99. The van der Waals surface area contributed by atoms with Gasteiger partial charge in [0, 0.05) is 11.8 Å². The molecule has 124 valence electrons. The van der Waals surface area contributed by atoms with Gasteiger partial charge in [-0.3, -0.25) is 0 Å². The first-order valence-corrected chi connectivity index (χ1v) is 8.93. The Hall–Kier alpha value is -2.05. The van der Waals surface area contributed by atoms with Gasteiger partial charge in [0.25, 0.3) is 0 Å². The monoisotopic (exact) mass is 341 g/mol. The second kappa shape index (κ2) is 6.45. The average Bonchev–Trinajstić information content (AvgIpc) is 3.07. The summed E-state index contributed by atoms with van der Waals surface area (Å²) in [6, 6.07) is 4.05. The summed E-state index contributed by atoms with van der Waals surface area (Å²) in [5.41, 5.74) is 4.07. The highest BCUT2D eigenvalue weighted by Gasteiger charge is 2.20. The second-order valence-corrected chi connectivity index (χ2v) is 6.95. The predicted octanol–water partition coefficient (Wildman–Crippen LogP) is 3.81. The van der Waals surface area contributed by atoms with E-state index in [1.165, 1.54) is 5.57 Å². The van der Waals surface area contributed by atoms with E-state index in [1.54, 1.807) is 18.9 Å². The van der Waals surface area contributed by atoms with Crippen molar-refractivity contribution in [3.05, 3.63) is 41.6 Å². The van der Waals surface area contributed by atoms with Crippen LogP contribution in [0.5, 0.6) is 5.75 Å². The molecule has 5 nitrogen and oxygen atoms in total. The molecule has 0 fully saturated rings. The summed E-state index contributed by atoms with van der Waals surface area (Å²) in [7, 11) is 1.67. The minimum absolute atomic E-state index is 0.323. The Bertz CT molecular complexity index is 834. The number of anilines is 1. The van der Waals surface area contributed by atoms with Gasteiger partial charge in [0.05, 0.1) is 31.9 Å². The lowest BCUT2D eigenvalue weighted by Gasteiger charge is -2.21. The molecule has 2 aliphatic heterocycles. The molecular formula is C18H19N3O2S. The third-order valence-electron chi connectivity index (χ3n) is 4.33. The molecule has 1 unspecified atom stereocenters. The third-order valence-corrected chi connectivity index (χ3v) is 5.23. The highest BCUT2D eigenvalue weighted by molar-refractivity contribution is 8.03. The van der Waals surface area contributed by atoms with Crippen molar-refractivity contribution in [2.45, 2.75) is 18.7 Å². The largest absolute Gasteiger partial charge is 0.494 e. The van der Waals surface area contributed by atoms with Crippen molar-refractivity contribution in [3.63, 3.8) is 0 Å². The van der Waals surface area contributed by atoms with Crippen LogP contribution >= 0.6 is 11.8 Å². The Labute approximate surface area is 145 Å². The zero-order valence-corrected chi connectivity index (χ0v) is 14.5. The Morgan fingerprint density at radius 3 is 2.96 bits per heavy atom. The number of nitrogens with zero attached hydrogens (tertiary/aromatic N) is 3. The maximum absolute atomic E-state index is 5.53. The zero-order valence-electron chi connectivity index (χ0n) is 13.7. The van der Waals surface area contributed by atoms with Crippen LogP contribution in [-0.4, -0.2) is 35.7 Å². The van der Waals surface area contributed by atoms with Crippen molar-refractivity contribution < 1.29 is 9.47 Å². The first-order chi connectivity index (χ1) is 11.8. The lowest BCUT2D eigenvalue weighted by Crippen LogP contribution is -2.22. The molecule has 0 saturated heterocycles. The van der Waals surface area contributed by atoms with Gasteiger partial charge in [-0.25, -0.2) is 9.97 Å². The van der Waals surface area contributed by atoms with Gasteiger partial charge >= 0.3 is 0 Å². The molecule has 0 bridgehead atoms. The van der Waals surface area contributed by atoms with Gasteiger partial charge in [0.1, 0.15) is 16.8 Å². The molecule has 0 aliphatic carbocycles. The third kappa shape index (κ3) is 2.65. The van der Waals surface area contributed by atoms with Gasteiger partial charge in [0.2, 0.25) is 0 Å². The first kappa shape index (κ1) is 15.5. The van der Waals surface area contributed by atoms with E-state index in [4.69, 9.17) is 19.4 Å². The van der Waals surface area contributed by atoms with E-state index in [1.807, 2.05) is 18.5 Å². The summed E-state index contributed by atoms with van der Waals surface area (Å²) in [6.07, 6.45) is 6.91. The van der Waals surface area contributed by atoms with Gasteiger partial charge in [-0.2, -0.15) is 0 Å². The fraction of sp³-hybridized carbons (Fsp3) is 0.333. The average molecular weight is 341 g/mol. The number of aromatic nitrogens is 2. The molecule has 0 N–H and O–H groups in total. The smallest absolute Gasteiger partial charge is 0.152 e. The van der Waals surface area contributed by atoms with E-state index in [2.05, 4.69) is 29.4 Å². The van der Waals surface area contributed by atoms with E-state index >= 15 is 0 Å². The number of methoxy groups -OCH3 is 1. The lowest BCUT2D eigenvalue weighted by molar-refractivity contribution is 0.161. The van der Waals surface area contributed by atoms with E-state index in [0.29, 0.717) is 12.0 Å². The number of thioether (sulfide) groups is 1. The van der Waals surface area contributed by atoms with Crippen LogP contribution in [0.3, 0.4) is 0 Å². The highest BCUT2D eigenvalue weighted by Crippen LogP contribution is 2.35. The zero-order chi connectivity index (χ0) is 16.5. The number of hydrogen-bond donors (Lipinski definition) is 0. The summed E-state index contributed by atoms with van der Waals surface area (Å²) in [5, 5.41) is 2.40. The summed E-state index contributed by atoms with van der Waals surface area (Å²) >= 11 is 1.76. The molecule has 0 spiro atoms. The minimum atomic E-state index is 0.323. The Morgan fingerprint density at radius 1 is 1.33 bits per heavy atom. The maximum atomic E-state index is 5.53. The molecule has 3 heterocycles. The SMILES string of the molecule is COc1ccc(C2=CCOCC2)c2ncc(N3C=CSC3C)nc12. The normalized spacial score (nSPS) is 20.5. The van der Waals surface area contributed by atoms with E-state index in [0.717, 1.165) is 41.2 Å². The molecule has 0 saturated carbocycles. The fourth-order valence-electron chi connectivity index (χ4n) is 3.05. The van der Waals surface area contributed by atoms with Crippen LogP contribution in [0.15, 0.2) is 36.0 Å². The van der Waals surface area contributed by atoms with Crippen molar-refractivity contribution in [1.82, 2.24) is 9.97 Å². The quantitative estimate of drug-likeness (QED) is 0.846. The standard InChI is InChI=1S/C18H19N3O2S/c1-12-21(7-10-24-12)16-11-19-17-14(13-5-8-23-9-6-13)3-4-15(22-2)18(17)20-16/h3-5,7,10-12H,6,8-9H2,1-2H3. The molecule has 2 aliphatic rings. The van der Waals surface area contributed by atoms with Crippen LogP contribution in [0.4, 0.5) is 5.82 Å². The second-order valence-electron chi connectivity index (χ2n) is 5.72. The Kier molecular flexibility index (Phi) is 4.16. The van der Waals surface area contributed by atoms with Crippen molar-refractivity contribution >= 4 is 34.2 Å². The van der Waals surface area contributed by atoms with Crippen molar-refractivity contribution in [2.75, 3.05) is 25.2 Å². The number of benzene rings is 1. The summed E-state index contributed by atoms with van der Waals surface area (Å²) < 4.78 is 10.9. The predicted molar refractivity (Wildman–Crippen MR) is 98.2 cm³/mol. The van der Waals surface area contributed by atoms with Gasteiger partial charge in [-0.05, 0) is 36.5 Å². The van der Waals surface area contributed by atoms with Crippen molar-refractivity contribution in [3.8, 4) is 5.75 Å². The van der Waals surface area contributed by atoms with Gasteiger partial charge in [-0.15, -0.1) is 11.8 Å². The fourth-order valence-corrected chi connectivity index (χ4v) is 3.79. The lowest BCUT2D eigenvalue weighted by atomic mass is 9.99. The summed E-state index contributed by atoms with van der Waals surface area (Å²) in [5.74, 6) is 1.59. The van der Waals surface area contributed by atoms with Crippen LogP contribution in [0, 0.1) is 0 Å². The van der Waals surface area contributed by atoms with Crippen LogP contribution < -0.4 is 9.64 Å². The maximum Gasteiger partial charge on any atom is 0.152 e. The molecule has 1 aromatic carbocycles. The number of hydrogen-bond acceptors (Lipinski definition) is 6. The highest BCUT2D eigenvalue weighted by atomic mass is 32.2. The summed E-state index contributed by atoms with van der Waals surface area (Å²) in [6.45, 7) is 3.55. The van der Waals surface area contributed by atoms with Gasteiger partial charge < -0.3 is 14.4 Å². The molecule has 0 amide bonds. The molecule has 6 heteroatoms. The number of rotatable bonds is 3. The van der Waals surface area contributed by atoms with Crippen LogP contribution in [0.1, 0.15) is 18.9 Å². The minimum Gasteiger partial charge on any atom is -0.494 e. The summed E-state index contributed by atoms with van der Waals surface area (Å²) in [4.78, 5) is 11.7. The van der Waals surface area contributed by atoms with Crippen LogP contribution in [0.25, 0.3) is 16.6 Å². The molecule has 1 atom stereocenters. The van der Waals surface area contributed by atoms with Crippen LogP contribution in [-0.2, 0) is 4.74 Å². The number of fused-ring (bicyclic) bond motifs is 1.